The molecule has 0 saturated heterocycles. The zero-order chi connectivity index (χ0) is 13.1. The molecule has 1 aromatic heterocycles. The van der Waals surface area contributed by atoms with Crippen LogP contribution >= 0.6 is 0 Å². The van der Waals surface area contributed by atoms with Crippen molar-refractivity contribution in [1.29, 1.82) is 0 Å². The van der Waals surface area contributed by atoms with Crippen molar-refractivity contribution in [3.63, 3.8) is 0 Å². The number of nitrogens with zero attached hydrogens (tertiary/aromatic N) is 3. The van der Waals surface area contributed by atoms with Gasteiger partial charge in [-0.25, -0.2) is 0 Å². The Morgan fingerprint density at radius 1 is 1.50 bits per heavy atom. The van der Waals surface area contributed by atoms with Crippen molar-refractivity contribution in [2.45, 2.75) is 45.3 Å². The molecule has 5 heteroatoms. The number of nitrogens with two attached hydrogens (primary N) is 1. The number of carbonyl (C=O) groups is 1. The van der Waals surface area contributed by atoms with E-state index in [9.17, 15) is 4.79 Å². The van der Waals surface area contributed by atoms with E-state index < -0.39 is 6.04 Å². The Morgan fingerprint density at radius 2 is 2.22 bits per heavy atom. The minimum atomic E-state index is -0.428. The molecule has 1 aliphatic carbocycles. The van der Waals surface area contributed by atoms with Gasteiger partial charge in [0.05, 0.1) is 24.5 Å². The summed E-state index contributed by atoms with van der Waals surface area (Å²) in [6, 6.07) is -0.0911. The first-order valence-corrected chi connectivity index (χ1v) is 6.40. The van der Waals surface area contributed by atoms with Crippen LogP contribution in [0.25, 0.3) is 0 Å². The first-order valence-electron chi connectivity index (χ1n) is 6.40. The van der Waals surface area contributed by atoms with Crippen LogP contribution in [-0.2, 0) is 11.3 Å². The summed E-state index contributed by atoms with van der Waals surface area (Å²) < 4.78 is 0. The highest BCUT2D eigenvalue weighted by Crippen LogP contribution is 2.29. The highest BCUT2D eigenvalue weighted by Gasteiger charge is 2.35. The lowest BCUT2D eigenvalue weighted by atomic mass is 10.0. The molecule has 1 heterocycles. The fourth-order valence-electron chi connectivity index (χ4n) is 1.84. The summed E-state index contributed by atoms with van der Waals surface area (Å²) in [5, 5.41) is 0. The van der Waals surface area contributed by atoms with Gasteiger partial charge in [-0.05, 0) is 18.8 Å². The van der Waals surface area contributed by atoms with E-state index in [2.05, 4.69) is 9.97 Å². The van der Waals surface area contributed by atoms with E-state index in [0.717, 1.165) is 18.5 Å². The van der Waals surface area contributed by atoms with E-state index in [1.54, 1.807) is 18.6 Å². The second-order valence-corrected chi connectivity index (χ2v) is 5.16. The van der Waals surface area contributed by atoms with E-state index in [4.69, 9.17) is 5.73 Å². The third-order valence-corrected chi connectivity index (χ3v) is 3.22. The van der Waals surface area contributed by atoms with Gasteiger partial charge in [0.25, 0.3) is 0 Å². The molecule has 5 nitrogen and oxygen atoms in total. The zero-order valence-corrected chi connectivity index (χ0v) is 10.9. The van der Waals surface area contributed by atoms with Crippen molar-refractivity contribution in [2.75, 3.05) is 0 Å². The van der Waals surface area contributed by atoms with E-state index in [1.807, 2.05) is 18.7 Å². The largest absolute Gasteiger partial charge is 0.332 e. The van der Waals surface area contributed by atoms with Gasteiger partial charge in [-0.3, -0.25) is 14.8 Å². The Kier molecular flexibility index (Phi) is 3.91. The molecular weight excluding hydrogens is 228 g/mol. The lowest BCUT2D eigenvalue weighted by Crippen LogP contribution is -2.47. The molecule has 1 saturated carbocycles. The van der Waals surface area contributed by atoms with Gasteiger partial charge in [0.2, 0.25) is 5.91 Å². The predicted octanol–water partition coefficient (Wildman–Crippen LogP) is 0.951. The topological polar surface area (TPSA) is 72.1 Å². The molecule has 0 aromatic carbocycles. The van der Waals surface area contributed by atoms with Crippen LogP contribution in [-0.4, -0.2) is 32.9 Å². The quantitative estimate of drug-likeness (QED) is 0.842. The van der Waals surface area contributed by atoms with Crippen LogP contribution in [0.2, 0.25) is 0 Å². The molecule has 0 spiro atoms. The number of aromatic nitrogens is 2. The van der Waals surface area contributed by atoms with Crippen molar-refractivity contribution >= 4 is 5.91 Å². The number of carbonyl (C=O) groups excluding carboxylic acids is 1. The molecule has 0 aliphatic heterocycles. The molecule has 98 valence electrons. The molecule has 0 radical (unpaired) electrons. The molecule has 18 heavy (non-hydrogen) atoms. The fourth-order valence-corrected chi connectivity index (χ4v) is 1.84. The standard InChI is InChI=1S/C13H20N4O/c1-9(2)12(14)13(18)17(11-3-4-11)8-10-7-15-5-6-16-10/h5-7,9,11-12H,3-4,8,14H2,1-2H3/t12-/m0/s1. The maximum Gasteiger partial charge on any atom is 0.240 e. The van der Waals surface area contributed by atoms with Crippen LogP contribution in [0, 0.1) is 5.92 Å². The summed E-state index contributed by atoms with van der Waals surface area (Å²) in [5.41, 5.74) is 6.77. The number of amides is 1. The Balaban J connectivity index is 2.07. The SMILES string of the molecule is CC(C)[C@H](N)C(=O)N(Cc1cnccn1)C1CC1. The number of rotatable bonds is 5. The molecule has 1 aromatic rings. The van der Waals surface area contributed by atoms with Gasteiger partial charge in [-0.2, -0.15) is 0 Å². The first kappa shape index (κ1) is 13.0. The second kappa shape index (κ2) is 5.44. The molecule has 1 atom stereocenters. The average Bonchev–Trinajstić information content (AvgIpc) is 3.19. The molecule has 1 amide bonds. The normalized spacial score (nSPS) is 16.7. The summed E-state index contributed by atoms with van der Waals surface area (Å²) >= 11 is 0. The molecule has 0 bridgehead atoms. The highest BCUT2D eigenvalue weighted by molar-refractivity contribution is 5.82. The van der Waals surface area contributed by atoms with Gasteiger partial charge in [-0.1, -0.05) is 13.8 Å². The van der Waals surface area contributed by atoms with Crippen molar-refractivity contribution in [1.82, 2.24) is 14.9 Å². The van der Waals surface area contributed by atoms with E-state index in [1.165, 1.54) is 0 Å². The van der Waals surface area contributed by atoms with E-state index in [0.29, 0.717) is 12.6 Å². The highest BCUT2D eigenvalue weighted by atomic mass is 16.2. The third-order valence-electron chi connectivity index (χ3n) is 3.22. The maximum atomic E-state index is 12.3. The smallest absolute Gasteiger partial charge is 0.240 e. The van der Waals surface area contributed by atoms with Gasteiger partial charge in [0, 0.05) is 18.4 Å². The average molecular weight is 248 g/mol. The minimum Gasteiger partial charge on any atom is -0.332 e. The van der Waals surface area contributed by atoms with Crippen LogP contribution < -0.4 is 5.73 Å². The van der Waals surface area contributed by atoms with Gasteiger partial charge in [0.1, 0.15) is 0 Å². The predicted molar refractivity (Wildman–Crippen MR) is 68.4 cm³/mol. The monoisotopic (exact) mass is 248 g/mol. The molecule has 0 unspecified atom stereocenters. The Bertz CT molecular complexity index is 403. The third kappa shape index (κ3) is 3.04. The number of hydrogen-bond acceptors (Lipinski definition) is 4. The van der Waals surface area contributed by atoms with E-state index >= 15 is 0 Å². The molecule has 2 N–H and O–H groups in total. The van der Waals surface area contributed by atoms with Crippen LogP contribution in [0.5, 0.6) is 0 Å². The van der Waals surface area contributed by atoms with Gasteiger partial charge >= 0.3 is 0 Å². The Hall–Kier alpha value is -1.49. The molecule has 2 rings (SSSR count). The minimum absolute atomic E-state index is 0.0261. The van der Waals surface area contributed by atoms with Crippen LogP contribution in [0.1, 0.15) is 32.4 Å². The molecule has 1 aliphatic rings. The molecular formula is C13H20N4O. The summed E-state index contributed by atoms with van der Waals surface area (Å²) in [7, 11) is 0. The van der Waals surface area contributed by atoms with Gasteiger partial charge in [-0.15, -0.1) is 0 Å². The fraction of sp³-hybridized carbons (Fsp3) is 0.615. The lowest BCUT2D eigenvalue weighted by molar-refractivity contribution is -0.134. The summed E-state index contributed by atoms with van der Waals surface area (Å²) in [5.74, 6) is 0.179. The second-order valence-electron chi connectivity index (χ2n) is 5.16. The first-order chi connectivity index (χ1) is 8.59. The maximum absolute atomic E-state index is 12.3. The van der Waals surface area contributed by atoms with Crippen LogP contribution in [0.15, 0.2) is 18.6 Å². The lowest BCUT2D eigenvalue weighted by Gasteiger charge is -2.26. The Morgan fingerprint density at radius 3 is 2.72 bits per heavy atom. The van der Waals surface area contributed by atoms with Gasteiger partial charge < -0.3 is 10.6 Å². The Labute approximate surface area is 107 Å². The number of hydrogen-bond donors (Lipinski definition) is 1. The molecule has 1 fully saturated rings. The van der Waals surface area contributed by atoms with Crippen LogP contribution in [0.4, 0.5) is 0 Å². The summed E-state index contributed by atoms with van der Waals surface area (Å²) in [4.78, 5) is 22.4. The van der Waals surface area contributed by atoms with Crippen molar-refractivity contribution < 1.29 is 4.79 Å². The summed E-state index contributed by atoms with van der Waals surface area (Å²) in [6.45, 7) is 4.45. The van der Waals surface area contributed by atoms with Crippen molar-refractivity contribution in [2.24, 2.45) is 11.7 Å². The van der Waals surface area contributed by atoms with Crippen molar-refractivity contribution in [3.05, 3.63) is 24.3 Å². The van der Waals surface area contributed by atoms with E-state index in [-0.39, 0.29) is 11.8 Å². The van der Waals surface area contributed by atoms with Crippen molar-refractivity contribution in [3.8, 4) is 0 Å². The van der Waals surface area contributed by atoms with Gasteiger partial charge in [0.15, 0.2) is 0 Å². The summed E-state index contributed by atoms with van der Waals surface area (Å²) in [6.07, 6.45) is 7.11. The van der Waals surface area contributed by atoms with Crippen LogP contribution in [0.3, 0.4) is 0 Å². The zero-order valence-electron chi connectivity index (χ0n) is 10.9.